The highest BCUT2D eigenvalue weighted by molar-refractivity contribution is 5.94. The lowest BCUT2D eigenvalue weighted by atomic mass is 9.59. The van der Waals surface area contributed by atoms with Crippen molar-refractivity contribution < 1.29 is 9.53 Å². The molecule has 0 aliphatic heterocycles. The SMILES string of the molecule is COc1ccc2c(c1)CCC1=C2CC[C@]2(C)C(=O)C[C@H]3C[C@]132. The van der Waals surface area contributed by atoms with E-state index in [2.05, 4.69) is 25.1 Å². The van der Waals surface area contributed by atoms with Crippen LogP contribution in [0.25, 0.3) is 5.57 Å². The fraction of sp³-hybridized carbons (Fsp3) is 0.550. The molecule has 4 aliphatic rings. The van der Waals surface area contributed by atoms with Gasteiger partial charge in [-0.05, 0) is 66.9 Å². The Morgan fingerprint density at radius 1 is 1.23 bits per heavy atom. The van der Waals surface area contributed by atoms with Crippen molar-refractivity contribution >= 4 is 11.4 Å². The van der Waals surface area contributed by atoms with Gasteiger partial charge in [0.2, 0.25) is 0 Å². The van der Waals surface area contributed by atoms with Gasteiger partial charge < -0.3 is 4.74 Å². The van der Waals surface area contributed by atoms with Crippen LogP contribution < -0.4 is 4.74 Å². The van der Waals surface area contributed by atoms with Crippen molar-refractivity contribution in [1.82, 2.24) is 0 Å². The maximum absolute atomic E-state index is 12.5. The fourth-order valence-electron chi connectivity index (χ4n) is 5.94. The summed E-state index contributed by atoms with van der Waals surface area (Å²) in [5.74, 6) is 2.15. The molecule has 0 unspecified atom stereocenters. The largest absolute Gasteiger partial charge is 0.497 e. The summed E-state index contributed by atoms with van der Waals surface area (Å²) in [7, 11) is 1.74. The average Bonchev–Trinajstić information content (AvgIpc) is 3.19. The van der Waals surface area contributed by atoms with E-state index in [4.69, 9.17) is 4.74 Å². The van der Waals surface area contributed by atoms with Gasteiger partial charge in [0.15, 0.2) is 0 Å². The van der Waals surface area contributed by atoms with E-state index in [9.17, 15) is 4.79 Å². The van der Waals surface area contributed by atoms with Gasteiger partial charge in [0, 0.05) is 17.3 Å². The molecule has 0 radical (unpaired) electrons. The summed E-state index contributed by atoms with van der Waals surface area (Å²) in [6.45, 7) is 2.26. The molecule has 2 nitrogen and oxygen atoms in total. The Balaban J connectivity index is 1.68. The van der Waals surface area contributed by atoms with Gasteiger partial charge in [-0.3, -0.25) is 4.79 Å². The van der Waals surface area contributed by atoms with Crippen LogP contribution >= 0.6 is 0 Å². The minimum atomic E-state index is -0.0551. The molecule has 2 fully saturated rings. The molecular formula is C20H22O2. The number of methoxy groups -OCH3 is 1. The first kappa shape index (κ1) is 12.9. The fourth-order valence-corrected chi connectivity index (χ4v) is 5.94. The van der Waals surface area contributed by atoms with E-state index in [1.807, 2.05) is 0 Å². The summed E-state index contributed by atoms with van der Waals surface area (Å²) in [6.07, 6.45) is 6.47. The third kappa shape index (κ3) is 1.27. The predicted octanol–water partition coefficient (Wildman–Crippen LogP) is 4.17. The Morgan fingerprint density at radius 3 is 2.91 bits per heavy atom. The molecule has 0 aromatic heterocycles. The molecule has 4 aliphatic carbocycles. The second kappa shape index (κ2) is 3.84. The standard InChI is InChI=1S/C20H22O2/c1-19-8-7-16-15-5-4-14(22-2)9-12(15)3-6-17(16)20(19)11-13(20)10-18(19)21/h4-5,9,13H,3,6-8,10-11H2,1-2H3/t13-,19+,20+/m0/s1. The lowest BCUT2D eigenvalue weighted by Crippen LogP contribution is -2.38. The summed E-state index contributed by atoms with van der Waals surface area (Å²) in [5.41, 5.74) is 6.27. The number of benzene rings is 1. The summed E-state index contributed by atoms with van der Waals surface area (Å²) in [4.78, 5) is 12.5. The van der Waals surface area contributed by atoms with E-state index in [-0.39, 0.29) is 10.8 Å². The number of fused-ring (bicyclic) bond motifs is 2. The molecule has 1 aromatic carbocycles. The molecule has 0 bridgehead atoms. The Kier molecular flexibility index (Phi) is 2.26. The zero-order chi connectivity index (χ0) is 15.1. The Hall–Kier alpha value is -1.57. The number of rotatable bonds is 1. The Labute approximate surface area is 131 Å². The molecule has 0 amide bonds. The number of carbonyl (C=O) groups is 1. The number of allylic oxidation sites excluding steroid dienone is 2. The van der Waals surface area contributed by atoms with Gasteiger partial charge in [-0.2, -0.15) is 0 Å². The molecule has 1 spiro atoms. The van der Waals surface area contributed by atoms with E-state index >= 15 is 0 Å². The smallest absolute Gasteiger partial charge is 0.139 e. The van der Waals surface area contributed by atoms with Crippen molar-refractivity contribution in [3.05, 3.63) is 34.9 Å². The number of hydrogen-bond acceptors (Lipinski definition) is 2. The molecule has 3 atom stereocenters. The summed E-state index contributed by atoms with van der Waals surface area (Å²) < 4.78 is 5.38. The van der Waals surface area contributed by atoms with Crippen LogP contribution in [0.4, 0.5) is 0 Å². The highest BCUT2D eigenvalue weighted by atomic mass is 16.5. The van der Waals surface area contributed by atoms with Gasteiger partial charge in [-0.1, -0.05) is 18.6 Å². The molecule has 1 aromatic rings. The molecule has 114 valence electrons. The molecular weight excluding hydrogens is 272 g/mol. The van der Waals surface area contributed by atoms with Crippen LogP contribution in [0, 0.1) is 16.7 Å². The summed E-state index contributed by atoms with van der Waals surface area (Å²) >= 11 is 0. The minimum Gasteiger partial charge on any atom is -0.497 e. The van der Waals surface area contributed by atoms with Crippen LogP contribution in [0.15, 0.2) is 23.8 Å². The minimum absolute atomic E-state index is 0.0551. The maximum atomic E-state index is 12.5. The number of hydrogen-bond donors (Lipinski definition) is 0. The van der Waals surface area contributed by atoms with Gasteiger partial charge >= 0.3 is 0 Å². The number of carbonyl (C=O) groups excluding carboxylic acids is 1. The lowest BCUT2D eigenvalue weighted by Gasteiger charge is -2.43. The molecule has 22 heavy (non-hydrogen) atoms. The van der Waals surface area contributed by atoms with Crippen LogP contribution in [0.1, 0.15) is 50.2 Å². The molecule has 0 saturated heterocycles. The monoisotopic (exact) mass is 294 g/mol. The first-order chi connectivity index (χ1) is 10.6. The van der Waals surface area contributed by atoms with Crippen molar-refractivity contribution in [1.29, 1.82) is 0 Å². The van der Waals surface area contributed by atoms with Crippen molar-refractivity contribution in [3.8, 4) is 5.75 Å². The topological polar surface area (TPSA) is 26.3 Å². The highest BCUT2D eigenvalue weighted by Crippen LogP contribution is 2.78. The van der Waals surface area contributed by atoms with E-state index in [0.29, 0.717) is 11.7 Å². The second-order valence-corrected chi connectivity index (χ2v) is 7.81. The van der Waals surface area contributed by atoms with Gasteiger partial charge in [0.1, 0.15) is 11.5 Å². The highest BCUT2D eigenvalue weighted by Gasteiger charge is 2.74. The average molecular weight is 294 g/mol. The lowest BCUT2D eigenvalue weighted by molar-refractivity contribution is -0.128. The second-order valence-electron chi connectivity index (χ2n) is 7.81. The van der Waals surface area contributed by atoms with Gasteiger partial charge in [0.25, 0.3) is 0 Å². The number of ketones is 1. The van der Waals surface area contributed by atoms with Crippen LogP contribution in [0.5, 0.6) is 5.75 Å². The Morgan fingerprint density at radius 2 is 2.09 bits per heavy atom. The summed E-state index contributed by atoms with van der Waals surface area (Å²) in [6, 6.07) is 6.54. The maximum Gasteiger partial charge on any atom is 0.139 e. The van der Waals surface area contributed by atoms with Crippen molar-refractivity contribution in [2.24, 2.45) is 16.7 Å². The van der Waals surface area contributed by atoms with Crippen molar-refractivity contribution in [2.45, 2.75) is 45.4 Å². The number of aryl methyl sites for hydroxylation is 1. The van der Waals surface area contributed by atoms with E-state index in [0.717, 1.165) is 37.9 Å². The predicted molar refractivity (Wildman–Crippen MR) is 85.7 cm³/mol. The third-order valence-electron chi connectivity index (χ3n) is 7.20. The van der Waals surface area contributed by atoms with Crippen LogP contribution in [-0.2, 0) is 11.2 Å². The first-order valence-corrected chi connectivity index (χ1v) is 8.53. The van der Waals surface area contributed by atoms with Crippen LogP contribution in [0.3, 0.4) is 0 Å². The van der Waals surface area contributed by atoms with Gasteiger partial charge in [0.05, 0.1) is 7.11 Å². The van der Waals surface area contributed by atoms with E-state index < -0.39 is 0 Å². The summed E-state index contributed by atoms with van der Waals surface area (Å²) in [5, 5.41) is 0. The number of ether oxygens (including phenoxy) is 1. The van der Waals surface area contributed by atoms with Crippen molar-refractivity contribution in [2.75, 3.05) is 7.11 Å². The third-order valence-corrected chi connectivity index (χ3v) is 7.20. The van der Waals surface area contributed by atoms with Gasteiger partial charge in [-0.25, -0.2) is 0 Å². The number of Topliss-reactive ketones (excluding diaryl/α,β-unsaturated/α-hetero) is 1. The molecule has 0 N–H and O–H groups in total. The molecule has 0 heterocycles. The quantitative estimate of drug-likeness (QED) is 0.777. The van der Waals surface area contributed by atoms with E-state index in [1.54, 1.807) is 18.3 Å². The normalized spacial score (nSPS) is 38.1. The zero-order valence-electron chi connectivity index (χ0n) is 13.4. The first-order valence-electron chi connectivity index (χ1n) is 8.53. The molecule has 2 heteroatoms. The molecule has 2 saturated carbocycles. The Bertz CT molecular complexity index is 744. The molecule has 5 rings (SSSR count). The van der Waals surface area contributed by atoms with Gasteiger partial charge in [-0.15, -0.1) is 0 Å². The van der Waals surface area contributed by atoms with Crippen molar-refractivity contribution in [3.63, 3.8) is 0 Å². The van der Waals surface area contributed by atoms with Crippen LogP contribution in [-0.4, -0.2) is 12.9 Å². The zero-order valence-corrected chi connectivity index (χ0v) is 13.4. The van der Waals surface area contributed by atoms with E-state index in [1.165, 1.54) is 17.5 Å². The van der Waals surface area contributed by atoms with Crippen LogP contribution in [0.2, 0.25) is 0 Å².